The number of anilines is 1. The highest BCUT2D eigenvalue weighted by Crippen LogP contribution is 2.35. The molecule has 0 atom stereocenters. The van der Waals surface area contributed by atoms with Crippen LogP contribution in [-0.2, 0) is 15.0 Å². The Hall–Kier alpha value is -2.54. The minimum absolute atomic E-state index is 0.0918. The quantitative estimate of drug-likeness (QED) is 0.878. The normalized spacial score (nSPS) is 16.9. The van der Waals surface area contributed by atoms with Crippen LogP contribution in [0.15, 0.2) is 36.4 Å². The van der Waals surface area contributed by atoms with Crippen molar-refractivity contribution in [1.82, 2.24) is 4.72 Å². The Morgan fingerprint density at radius 2 is 2.00 bits per heavy atom. The fourth-order valence-corrected chi connectivity index (χ4v) is 3.89. The highest BCUT2D eigenvalue weighted by molar-refractivity contribution is 7.92. The van der Waals surface area contributed by atoms with Gasteiger partial charge in [0.1, 0.15) is 12.3 Å². The Labute approximate surface area is 146 Å². The van der Waals surface area contributed by atoms with Gasteiger partial charge in [0.25, 0.3) is 5.91 Å². The van der Waals surface area contributed by atoms with Crippen LogP contribution in [0.25, 0.3) is 16.8 Å². The number of allylic oxidation sites excluding steroid dienone is 1. The number of carbonyl (C=O) groups excluding carboxylic acids is 1. The lowest BCUT2D eigenvalue weighted by molar-refractivity contribution is -0.117. The van der Waals surface area contributed by atoms with Crippen LogP contribution in [0, 0.1) is 5.92 Å². The first-order valence-corrected chi connectivity index (χ1v) is 9.47. The highest BCUT2D eigenvalue weighted by Gasteiger charge is 2.35. The summed E-state index contributed by atoms with van der Waals surface area (Å²) in [6, 6.07) is 8.83. The minimum Gasteiger partial charge on any atom is -0.506 e. The van der Waals surface area contributed by atoms with E-state index < -0.39 is 16.1 Å². The summed E-state index contributed by atoms with van der Waals surface area (Å²) in [5.41, 5.74) is 1.08. The third-order valence-electron chi connectivity index (χ3n) is 3.96. The molecule has 0 spiro atoms. The van der Waals surface area contributed by atoms with Crippen molar-refractivity contribution in [3.8, 4) is 5.75 Å². The van der Waals surface area contributed by atoms with E-state index in [-0.39, 0.29) is 18.0 Å². The van der Waals surface area contributed by atoms with E-state index in [1.54, 1.807) is 6.07 Å². The van der Waals surface area contributed by atoms with Gasteiger partial charge in [0, 0.05) is 0 Å². The molecule has 3 rings (SSSR count). The molecule has 0 aliphatic carbocycles. The molecule has 0 radical (unpaired) electrons. The van der Waals surface area contributed by atoms with Gasteiger partial charge in [-0.05, 0) is 46.9 Å². The standard InChI is InChI=1S/C18H20N2O4S/c1-12(2)4-3-5-13-6-7-14-10-17(21)16(9-15(14)8-13)20-11-18(22)19-25(20,23)24/h3,5-10,12,21H,4,11H2,1-2H3,(H,19,22)/b5-3+. The number of nitrogens with one attached hydrogen (secondary N) is 1. The van der Waals surface area contributed by atoms with Crippen molar-refractivity contribution in [1.29, 1.82) is 0 Å². The summed E-state index contributed by atoms with van der Waals surface area (Å²) in [5.74, 6) is -0.230. The van der Waals surface area contributed by atoms with E-state index in [0.29, 0.717) is 5.92 Å². The van der Waals surface area contributed by atoms with Gasteiger partial charge in [-0.15, -0.1) is 0 Å². The molecule has 0 unspecified atom stereocenters. The third kappa shape index (κ3) is 3.61. The van der Waals surface area contributed by atoms with Gasteiger partial charge in [-0.1, -0.05) is 38.1 Å². The van der Waals surface area contributed by atoms with Crippen molar-refractivity contribution in [3.63, 3.8) is 0 Å². The van der Waals surface area contributed by atoms with E-state index in [1.165, 1.54) is 6.07 Å². The summed E-state index contributed by atoms with van der Waals surface area (Å²) in [6.45, 7) is 3.95. The largest absolute Gasteiger partial charge is 0.506 e. The van der Waals surface area contributed by atoms with E-state index >= 15 is 0 Å². The molecule has 25 heavy (non-hydrogen) atoms. The molecule has 1 aliphatic heterocycles. The van der Waals surface area contributed by atoms with Gasteiger partial charge in [0.05, 0.1) is 5.69 Å². The molecule has 7 heteroatoms. The highest BCUT2D eigenvalue weighted by atomic mass is 32.2. The van der Waals surface area contributed by atoms with Gasteiger partial charge in [0.15, 0.2) is 0 Å². The van der Waals surface area contributed by atoms with Gasteiger partial charge in [-0.2, -0.15) is 8.42 Å². The number of aromatic hydroxyl groups is 1. The molecule has 132 valence electrons. The van der Waals surface area contributed by atoms with Crippen molar-refractivity contribution in [2.75, 3.05) is 10.8 Å². The zero-order chi connectivity index (χ0) is 18.2. The molecule has 1 aliphatic rings. The maximum atomic E-state index is 12.0. The maximum absolute atomic E-state index is 12.0. The number of carbonyl (C=O) groups is 1. The molecule has 6 nitrogen and oxygen atoms in total. The van der Waals surface area contributed by atoms with Crippen LogP contribution in [0.1, 0.15) is 25.8 Å². The third-order valence-corrected chi connectivity index (χ3v) is 5.36. The van der Waals surface area contributed by atoms with E-state index in [1.807, 2.05) is 29.0 Å². The Bertz CT molecular complexity index is 964. The van der Waals surface area contributed by atoms with Crippen molar-refractivity contribution in [2.45, 2.75) is 20.3 Å². The number of benzene rings is 2. The van der Waals surface area contributed by atoms with Gasteiger partial charge in [-0.3, -0.25) is 4.79 Å². The van der Waals surface area contributed by atoms with Crippen LogP contribution in [-0.4, -0.2) is 26.0 Å². The summed E-state index contributed by atoms with van der Waals surface area (Å²) in [4.78, 5) is 11.4. The van der Waals surface area contributed by atoms with Gasteiger partial charge in [-0.25, -0.2) is 9.03 Å². The average molecular weight is 360 g/mol. The summed E-state index contributed by atoms with van der Waals surface area (Å²) < 4.78 is 26.8. The second-order valence-corrected chi connectivity index (χ2v) is 8.11. The van der Waals surface area contributed by atoms with Crippen LogP contribution in [0.3, 0.4) is 0 Å². The van der Waals surface area contributed by atoms with Gasteiger partial charge < -0.3 is 5.11 Å². The van der Waals surface area contributed by atoms with Gasteiger partial charge in [0.2, 0.25) is 0 Å². The number of phenols is 1. The first-order valence-electron chi connectivity index (χ1n) is 8.03. The number of phenolic OH excluding ortho intramolecular Hbond substituents is 1. The fraction of sp³-hybridized carbons (Fsp3) is 0.278. The number of fused-ring (bicyclic) bond motifs is 1. The van der Waals surface area contributed by atoms with Crippen LogP contribution in [0.4, 0.5) is 5.69 Å². The fourth-order valence-electron chi connectivity index (χ4n) is 2.73. The van der Waals surface area contributed by atoms with Crippen molar-refractivity contribution in [3.05, 3.63) is 42.0 Å². The van der Waals surface area contributed by atoms with Crippen LogP contribution >= 0.6 is 0 Å². The number of hydrogen-bond donors (Lipinski definition) is 2. The summed E-state index contributed by atoms with van der Waals surface area (Å²) in [6.07, 6.45) is 5.09. The van der Waals surface area contributed by atoms with Crippen molar-refractivity contribution < 1.29 is 18.3 Å². The molecule has 0 saturated carbocycles. The molecule has 2 aromatic rings. The maximum Gasteiger partial charge on any atom is 0.326 e. The molecule has 0 aromatic heterocycles. The Kier molecular flexibility index (Phi) is 4.43. The topological polar surface area (TPSA) is 86.7 Å². The van der Waals surface area contributed by atoms with Crippen molar-refractivity contribution >= 4 is 38.7 Å². The molecular weight excluding hydrogens is 340 g/mol. The lowest BCUT2D eigenvalue weighted by Gasteiger charge is -2.17. The molecule has 1 fully saturated rings. The van der Waals surface area contributed by atoms with Crippen LogP contribution < -0.4 is 9.03 Å². The second-order valence-electron chi connectivity index (χ2n) is 6.52. The smallest absolute Gasteiger partial charge is 0.326 e. The predicted molar refractivity (Wildman–Crippen MR) is 98.5 cm³/mol. The molecule has 2 aromatic carbocycles. The monoisotopic (exact) mass is 360 g/mol. The average Bonchev–Trinajstić information content (AvgIpc) is 2.79. The SMILES string of the molecule is CC(C)C/C=C/c1ccc2cc(O)c(N3CC(=O)NS3(=O)=O)cc2c1. The Morgan fingerprint density at radius 1 is 1.24 bits per heavy atom. The van der Waals surface area contributed by atoms with E-state index in [0.717, 1.165) is 27.1 Å². The Morgan fingerprint density at radius 3 is 2.64 bits per heavy atom. The first-order chi connectivity index (χ1) is 11.8. The summed E-state index contributed by atoms with van der Waals surface area (Å²) in [7, 11) is -3.95. The second kappa shape index (κ2) is 6.40. The minimum atomic E-state index is -3.95. The van der Waals surface area contributed by atoms with E-state index in [2.05, 4.69) is 19.9 Å². The number of amides is 1. The Balaban J connectivity index is 2.02. The molecule has 1 saturated heterocycles. The molecule has 1 heterocycles. The lowest BCUT2D eigenvalue weighted by atomic mass is 10.0. The first kappa shape index (κ1) is 17.3. The van der Waals surface area contributed by atoms with Crippen LogP contribution in [0.5, 0.6) is 5.75 Å². The van der Waals surface area contributed by atoms with Gasteiger partial charge >= 0.3 is 10.2 Å². The van der Waals surface area contributed by atoms with Crippen LogP contribution in [0.2, 0.25) is 0 Å². The number of hydrogen-bond acceptors (Lipinski definition) is 4. The van der Waals surface area contributed by atoms with E-state index in [4.69, 9.17) is 0 Å². The predicted octanol–water partition coefficient (Wildman–Crippen LogP) is 2.79. The number of nitrogens with zero attached hydrogens (tertiary/aromatic N) is 1. The number of rotatable bonds is 4. The van der Waals surface area contributed by atoms with E-state index in [9.17, 15) is 18.3 Å². The van der Waals surface area contributed by atoms with Crippen molar-refractivity contribution in [2.24, 2.45) is 5.92 Å². The zero-order valence-electron chi connectivity index (χ0n) is 14.1. The molecular formula is C18H20N2O4S. The molecule has 2 N–H and O–H groups in total. The lowest BCUT2D eigenvalue weighted by Crippen LogP contribution is -2.29. The molecule has 0 bridgehead atoms. The molecule has 1 amide bonds. The zero-order valence-corrected chi connectivity index (χ0v) is 14.9. The summed E-state index contributed by atoms with van der Waals surface area (Å²) in [5, 5.41) is 11.8. The summed E-state index contributed by atoms with van der Waals surface area (Å²) >= 11 is 0.